The third kappa shape index (κ3) is 8.00. The Morgan fingerprint density at radius 1 is 1.26 bits per heavy atom. The van der Waals surface area contributed by atoms with Gasteiger partial charge in [-0.15, -0.1) is 0 Å². The highest BCUT2D eigenvalue weighted by Gasteiger charge is 2.30. The van der Waals surface area contributed by atoms with Crippen LogP contribution < -0.4 is 5.43 Å². The largest absolute Gasteiger partial charge is 0.388 e. The van der Waals surface area contributed by atoms with Crippen molar-refractivity contribution >= 4 is 11.9 Å². The summed E-state index contributed by atoms with van der Waals surface area (Å²) in [4.78, 5) is 12.2. The molecule has 0 bridgehead atoms. The molecule has 0 aliphatic carbocycles. The van der Waals surface area contributed by atoms with E-state index in [1.54, 1.807) is 17.1 Å². The Kier molecular flexibility index (Phi) is 10.6. The number of nitrogens with zero attached hydrogens (tertiary/aromatic N) is 3. The lowest BCUT2D eigenvalue weighted by Crippen LogP contribution is -2.59. The van der Waals surface area contributed by atoms with E-state index in [0.717, 1.165) is 38.1 Å². The normalized spacial score (nSPS) is 23.1. The number of rotatable bonds is 7. The van der Waals surface area contributed by atoms with Crippen molar-refractivity contribution in [2.45, 2.75) is 84.3 Å². The standard InChI is InChI=1S/C13H26N4O2.C5H10O3/c1-10(2)16-13(18)17(11(3)4)15-12(14-16)8-6-7-9-19-5;6-4-2-1-3-8-5(4)7/h10-11H,6-9H2,1-5H3,(H,14,15);4-7H,1-3H2. The summed E-state index contributed by atoms with van der Waals surface area (Å²) in [5.74, 6) is 0.845. The van der Waals surface area contributed by atoms with Crippen molar-refractivity contribution in [1.82, 2.24) is 15.4 Å². The molecule has 2 atom stereocenters. The van der Waals surface area contributed by atoms with Crippen LogP contribution in [0.4, 0.5) is 4.79 Å². The van der Waals surface area contributed by atoms with Gasteiger partial charge in [-0.3, -0.25) is 5.43 Å². The number of hydrogen-bond donors (Lipinski definition) is 3. The molecule has 2 aliphatic heterocycles. The molecule has 0 aromatic heterocycles. The van der Waals surface area contributed by atoms with Gasteiger partial charge in [-0.2, -0.15) is 5.10 Å². The summed E-state index contributed by atoms with van der Waals surface area (Å²) in [5.41, 5.74) is 3.12. The molecule has 0 radical (unpaired) electrons. The van der Waals surface area contributed by atoms with E-state index in [1.165, 1.54) is 0 Å². The molecule has 0 saturated carbocycles. The second-order valence-electron chi connectivity index (χ2n) is 7.26. The fourth-order valence-corrected chi connectivity index (χ4v) is 2.57. The Bertz CT molecular complexity index is 463. The molecule has 158 valence electrons. The van der Waals surface area contributed by atoms with Crippen molar-refractivity contribution in [3.63, 3.8) is 0 Å². The van der Waals surface area contributed by atoms with Gasteiger partial charge in [0.25, 0.3) is 0 Å². The molecule has 9 nitrogen and oxygen atoms in total. The Labute approximate surface area is 162 Å². The fourth-order valence-electron chi connectivity index (χ4n) is 2.57. The summed E-state index contributed by atoms with van der Waals surface area (Å²) >= 11 is 0. The molecule has 2 unspecified atom stereocenters. The van der Waals surface area contributed by atoms with Gasteiger partial charge in [0.1, 0.15) is 11.9 Å². The number of hydrogen-bond acceptors (Lipinski definition) is 7. The number of carbonyl (C=O) groups excluding carboxylic acids is 1. The van der Waals surface area contributed by atoms with Crippen LogP contribution in [0, 0.1) is 0 Å². The van der Waals surface area contributed by atoms with Crippen LogP contribution in [0.2, 0.25) is 0 Å². The average Bonchev–Trinajstić information content (AvgIpc) is 2.62. The lowest BCUT2D eigenvalue weighted by molar-refractivity contribution is -0.185. The third-order valence-corrected chi connectivity index (χ3v) is 4.16. The summed E-state index contributed by atoms with van der Waals surface area (Å²) in [6.45, 7) is 9.22. The Morgan fingerprint density at radius 3 is 2.44 bits per heavy atom. The summed E-state index contributed by atoms with van der Waals surface area (Å²) in [5, 5.41) is 25.1. The van der Waals surface area contributed by atoms with Gasteiger partial charge in [0.2, 0.25) is 0 Å². The smallest absolute Gasteiger partial charge is 0.359 e. The lowest BCUT2D eigenvalue weighted by atomic mass is 10.1. The van der Waals surface area contributed by atoms with E-state index in [1.807, 2.05) is 27.7 Å². The average molecular weight is 389 g/mol. The van der Waals surface area contributed by atoms with Crippen LogP contribution in [-0.2, 0) is 9.47 Å². The van der Waals surface area contributed by atoms with Gasteiger partial charge >= 0.3 is 6.03 Å². The Balaban J connectivity index is 0.000000377. The number of aliphatic hydroxyl groups is 2. The van der Waals surface area contributed by atoms with Crippen LogP contribution in [0.5, 0.6) is 0 Å². The van der Waals surface area contributed by atoms with E-state index in [2.05, 4.69) is 10.5 Å². The Morgan fingerprint density at radius 2 is 1.96 bits per heavy atom. The van der Waals surface area contributed by atoms with E-state index in [0.29, 0.717) is 13.0 Å². The number of aliphatic hydroxyl groups excluding tert-OH is 2. The zero-order chi connectivity index (χ0) is 20.4. The number of methoxy groups -OCH3 is 1. The maximum absolute atomic E-state index is 12.2. The van der Waals surface area contributed by atoms with Gasteiger partial charge in [0.05, 0.1) is 6.04 Å². The number of amides is 2. The zero-order valence-electron chi connectivity index (χ0n) is 17.2. The number of hydrazine groups is 1. The van der Waals surface area contributed by atoms with Crippen LogP contribution in [-0.4, -0.2) is 76.9 Å². The fraction of sp³-hybridized carbons (Fsp3) is 0.889. The number of ether oxygens (including phenoxy) is 2. The predicted molar refractivity (Wildman–Crippen MR) is 103 cm³/mol. The lowest BCUT2D eigenvalue weighted by Gasteiger charge is -2.37. The van der Waals surface area contributed by atoms with E-state index < -0.39 is 12.4 Å². The molecule has 2 heterocycles. The molecule has 2 aliphatic rings. The summed E-state index contributed by atoms with van der Waals surface area (Å²) < 4.78 is 9.73. The van der Waals surface area contributed by atoms with Gasteiger partial charge in [0, 0.05) is 32.8 Å². The second kappa shape index (κ2) is 12.1. The summed E-state index contributed by atoms with van der Waals surface area (Å²) in [6.07, 6.45) is 2.70. The van der Waals surface area contributed by atoms with E-state index in [-0.39, 0.29) is 18.1 Å². The predicted octanol–water partition coefficient (Wildman–Crippen LogP) is 1.65. The maximum atomic E-state index is 12.2. The number of unbranched alkanes of at least 4 members (excludes halogenated alkanes) is 1. The van der Waals surface area contributed by atoms with Crippen LogP contribution >= 0.6 is 0 Å². The van der Waals surface area contributed by atoms with Gasteiger partial charge < -0.3 is 19.7 Å². The summed E-state index contributed by atoms with van der Waals surface area (Å²) in [6, 6.07) is 0.0636. The van der Waals surface area contributed by atoms with Gasteiger partial charge in [-0.05, 0) is 53.4 Å². The summed E-state index contributed by atoms with van der Waals surface area (Å²) in [7, 11) is 1.70. The first-order chi connectivity index (χ1) is 12.8. The van der Waals surface area contributed by atoms with Crippen LogP contribution in [0.1, 0.15) is 59.8 Å². The van der Waals surface area contributed by atoms with Crippen molar-refractivity contribution in [3.05, 3.63) is 0 Å². The molecule has 9 heteroatoms. The molecule has 0 spiro atoms. The van der Waals surface area contributed by atoms with Gasteiger partial charge in [-0.1, -0.05) is 0 Å². The molecular weight excluding hydrogens is 352 g/mol. The van der Waals surface area contributed by atoms with Crippen molar-refractivity contribution in [3.8, 4) is 0 Å². The van der Waals surface area contributed by atoms with Gasteiger partial charge in [0.15, 0.2) is 6.29 Å². The topological polar surface area (TPSA) is 107 Å². The number of carbonyl (C=O) groups is 1. The Hall–Kier alpha value is -1.42. The van der Waals surface area contributed by atoms with Gasteiger partial charge in [-0.25, -0.2) is 14.8 Å². The number of nitrogens with one attached hydrogen (secondary N) is 1. The molecule has 1 saturated heterocycles. The maximum Gasteiger partial charge on any atom is 0.359 e. The molecule has 0 aromatic rings. The highest BCUT2D eigenvalue weighted by atomic mass is 16.6. The SMILES string of the molecule is COCCCCC1=NN(C(C)C)C(=O)N(C(C)C)N1.OC1CCCOC1O. The first-order valence-corrected chi connectivity index (χ1v) is 9.71. The van der Waals surface area contributed by atoms with Crippen LogP contribution in [0.25, 0.3) is 0 Å². The molecule has 1 fully saturated rings. The van der Waals surface area contributed by atoms with Crippen LogP contribution in [0.15, 0.2) is 5.10 Å². The van der Waals surface area contributed by atoms with Crippen molar-refractivity contribution in [2.24, 2.45) is 5.10 Å². The molecule has 2 rings (SSSR count). The highest BCUT2D eigenvalue weighted by molar-refractivity contribution is 5.89. The minimum Gasteiger partial charge on any atom is -0.388 e. The van der Waals surface area contributed by atoms with Crippen molar-refractivity contribution < 1.29 is 24.5 Å². The number of urea groups is 1. The van der Waals surface area contributed by atoms with Crippen molar-refractivity contribution in [2.75, 3.05) is 20.3 Å². The second-order valence-corrected chi connectivity index (χ2v) is 7.26. The minimum absolute atomic E-state index is 0.0600. The minimum atomic E-state index is -0.941. The zero-order valence-corrected chi connectivity index (χ0v) is 17.2. The molecule has 3 N–H and O–H groups in total. The first kappa shape index (κ1) is 23.6. The number of hydrazone groups is 1. The van der Waals surface area contributed by atoms with E-state index in [9.17, 15) is 4.79 Å². The van der Waals surface area contributed by atoms with E-state index >= 15 is 0 Å². The highest BCUT2D eigenvalue weighted by Crippen LogP contribution is 2.13. The van der Waals surface area contributed by atoms with Crippen molar-refractivity contribution in [1.29, 1.82) is 0 Å². The number of amidine groups is 1. The molecular formula is C18H36N4O5. The van der Waals surface area contributed by atoms with Crippen LogP contribution in [0.3, 0.4) is 0 Å². The molecule has 0 aromatic carbocycles. The quantitative estimate of drug-likeness (QED) is 0.573. The van der Waals surface area contributed by atoms with E-state index in [4.69, 9.17) is 19.7 Å². The first-order valence-electron chi connectivity index (χ1n) is 9.71. The molecule has 2 amide bonds. The monoisotopic (exact) mass is 388 g/mol. The third-order valence-electron chi connectivity index (χ3n) is 4.16. The molecule has 27 heavy (non-hydrogen) atoms.